The number of aromatic nitrogens is 2. The first-order valence-corrected chi connectivity index (χ1v) is 9.94. The fraction of sp³-hybridized carbons (Fsp3) is 0.619. The topological polar surface area (TPSA) is 37.6 Å². The second kappa shape index (κ2) is 4.87. The summed E-state index contributed by atoms with van der Waals surface area (Å²) >= 11 is 0. The first kappa shape index (κ1) is 14.3. The molecular formula is C21H25N3O. The van der Waals surface area contributed by atoms with E-state index in [1.807, 2.05) is 6.07 Å². The zero-order chi connectivity index (χ0) is 16.6. The fourth-order valence-electron chi connectivity index (χ4n) is 6.84. The Balaban J connectivity index is 1.33. The van der Waals surface area contributed by atoms with Crippen LogP contribution in [0.4, 0.5) is 0 Å². The molecule has 7 rings (SSSR count). The quantitative estimate of drug-likeness (QED) is 0.801. The average molecular weight is 335 g/mol. The zero-order valence-electron chi connectivity index (χ0n) is 14.7. The van der Waals surface area contributed by atoms with Gasteiger partial charge in [-0.15, -0.1) is 0 Å². The molecule has 4 saturated carbocycles. The lowest BCUT2D eigenvalue weighted by atomic mass is 9.49. The van der Waals surface area contributed by atoms with Gasteiger partial charge in [-0.25, -0.2) is 4.98 Å². The van der Waals surface area contributed by atoms with Gasteiger partial charge in [0.15, 0.2) is 0 Å². The van der Waals surface area contributed by atoms with E-state index >= 15 is 0 Å². The van der Waals surface area contributed by atoms with Crippen molar-refractivity contribution in [1.29, 1.82) is 0 Å². The summed E-state index contributed by atoms with van der Waals surface area (Å²) in [5.41, 5.74) is 3.39. The second-order valence-electron chi connectivity index (χ2n) is 9.11. The molecule has 4 aliphatic carbocycles. The van der Waals surface area contributed by atoms with Crippen LogP contribution in [0.3, 0.4) is 0 Å². The van der Waals surface area contributed by atoms with E-state index in [1.165, 1.54) is 30.7 Å². The molecule has 4 nitrogen and oxygen atoms in total. The van der Waals surface area contributed by atoms with Crippen molar-refractivity contribution in [2.75, 3.05) is 6.54 Å². The van der Waals surface area contributed by atoms with Gasteiger partial charge in [0.25, 0.3) is 0 Å². The Morgan fingerprint density at radius 3 is 2.52 bits per heavy atom. The summed E-state index contributed by atoms with van der Waals surface area (Å²) in [7, 11) is 0. The molecule has 5 aliphatic rings. The smallest absolute Gasteiger partial charge is 0.229 e. The van der Waals surface area contributed by atoms with Crippen LogP contribution in [0, 0.1) is 23.2 Å². The van der Waals surface area contributed by atoms with Gasteiger partial charge in [0.1, 0.15) is 5.65 Å². The van der Waals surface area contributed by atoms with Crippen molar-refractivity contribution in [2.45, 2.75) is 51.5 Å². The molecule has 2 aromatic rings. The summed E-state index contributed by atoms with van der Waals surface area (Å²) in [4.78, 5) is 20.5. The van der Waals surface area contributed by atoms with Gasteiger partial charge in [0.05, 0.1) is 23.3 Å². The van der Waals surface area contributed by atoms with E-state index in [2.05, 4.69) is 27.6 Å². The van der Waals surface area contributed by atoms with Crippen LogP contribution in [0.15, 0.2) is 24.4 Å². The van der Waals surface area contributed by atoms with Gasteiger partial charge in [-0.2, -0.15) is 0 Å². The van der Waals surface area contributed by atoms with Crippen molar-refractivity contribution in [3.8, 4) is 0 Å². The number of hydrogen-bond donors (Lipinski definition) is 0. The number of carbonyl (C=O) groups excluding carboxylic acids is 1. The molecule has 4 heteroatoms. The third kappa shape index (κ3) is 2.00. The molecule has 0 atom stereocenters. The van der Waals surface area contributed by atoms with E-state index in [4.69, 9.17) is 4.98 Å². The molecule has 0 radical (unpaired) electrons. The zero-order valence-corrected chi connectivity index (χ0v) is 14.7. The minimum absolute atomic E-state index is 0.0211. The monoisotopic (exact) mass is 335 g/mol. The number of amides is 1. The van der Waals surface area contributed by atoms with E-state index in [-0.39, 0.29) is 5.41 Å². The average Bonchev–Trinajstić information content (AvgIpc) is 2.98. The SMILES string of the molecule is O=C(N1CCc2nc3ccccn3c2C1)C12CC3CC(CC(C3)C1)C2. The standard InChI is InChI=1S/C21H25N3O/c25-20(21-10-14-7-15(11-21)9-16(8-14)12-21)23-6-4-17-18(13-23)24-5-2-1-3-19(24)22-17/h1-3,5,14-16H,4,6-13H2. The molecule has 0 aromatic carbocycles. The van der Waals surface area contributed by atoms with Gasteiger partial charge in [-0.1, -0.05) is 6.07 Å². The molecular weight excluding hydrogens is 310 g/mol. The predicted molar refractivity (Wildman–Crippen MR) is 94.9 cm³/mol. The third-order valence-corrected chi connectivity index (χ3v) is 7.45. The summed E-state index contributed by atoms with van der Waals surface area (Å²) < 4.78 is 2.18. The molecule has 0 N–H and O–H groups in total. The van der Waals surface area contributed by atoms with Gasteiger partial charge < -0.3 is 9.30 Å². The molecule has 0 spiro atoms. The molecule has 0 saturated heterocycles. The Hall–Kier alpha value is -1.84. The maximum Gasteiger partial charge on any atom is 0.229 e. The van der Waals surface area contributed by atoms with Crippen molar-refractivity contribution in [2.24, 2.45) is 23.2 Å². The molecule has 1 amide bonds. The van der Waals surface area contributed by atoms with Crippen LogP contribution >= 0.6 is 0 Å². The summed E-state index contributed by atoms with van der Waals surface area (Å²) in [5, 5.41) is 0. The van der Waals surface area contributed by atoms with Crippen molar-refractivity contribution in [3.63, 3.8) is 0 Å². The second-order valence-corrected chi connectivity index (χ2v) is 9.11. The molecule has 3 heterocycles. The number of hydrogen-bond acceptors (Lipinski definition) is 2. The highest BCUT2D eigenvalue weighted by Crippen LogP contribution is 2.60. The van der Waals surface area contributed by atoms with E-state index in [9.17, 15) is 4.79 Å². The van der Waals surface area contributed by atoms with Crippen molar-refractivity contribution < 1.29 is 4.79 Å². The number of nitrogens with zero attached hydrogens (tertiary/aromatic N) is 3. The van der Waals surface area contributed by atoms with E-state index in [1.54, 1.807) is 0 Å². The van der Waals surface area contributed by atoms with E-state index in [0.29, 0.717) is 5.91 Å². The van der Waals surface area contributed by atoms with Crippen molar-refractivity contribution >= 4 is 11.6 Å². The maximum absolute atomic E-state index is 13.6. The summed E-state index contributed by atoms with van der Waals surface area (Å²) in [6.07, 6.45) is 10.6. The first-order chi connectivity index (χ1) is 12.2. The number of fused-ring (bicyclic) bond motifs is 3. The predicted octanol–water partition coefficient (Wildman–Crippen LogP) is 3.44. The Kier molecular flexibility index (Phi) is 2.79. The maximum atomic E-state index is 13.6. The normalized spacial score (nSPS) is 36.0. The third-order valence-electron chi connectivity index (χ3n) is 7.45. The number of imidazole rings is 1. The van der Waals surface area contributed by atoms with Crippen molar-refractivity contribution in [3.05, 3.63) is 35.8 Å². The van der Waals surface area contributed by atoms with Crippen LogP contribution in [0.5, 0.6) is 0 Å². The van der Waals surface area contributed by atoms with Gasteiger partial charge >= 0.3 is 0 Å². The minimum Gasteiger partial charge on any atom is -0.336 e. The highest BCUT2D eigenvalue weighted by Gasteiger charge is 2.55. The number of rotatable bonds is 1. The summed E-state index contributed by atoms with van der Waals surface area (Å²) in [5.74, 6) is 2.94. The summed E-state index contributed by atoms with van der Waals surface area (Å²) in [6, 6.07) is 6.14. The number of carbonyl (C=O) groups is 1. The van der Waals surface area contributed by atoms with Gasteiger partial charge in [0.2, 0.25) is 5.91 Å². The molecule has 4 fully saturated rings. The van der Waals surface area contributed by atoms with E-state index in [0.717, 1.165) is 62.2 Å². The first-order valence-electron chi connectivity index (χ1n) is 9.94. The van der Waals surface area contributed by atoms with Crippen LogP contribution < -0.4 is 0 Å². The van der Waals surface area contributed by atoms with Gasteiger partial charge in [-0.3, -0.25) is 4.79 Å². The lowest BCUT2D eigenvalue weighted by molar-refractivity contribution is -0.158. The lowest BCUT2D eigenvalue weighted by Gasteiger charge is -2.56. The van der Waals surface area contributed by atoms with Gasteiger partial charge in [0, 0.05) is 19.2 Å². The Morgan fingerprint density at radius 2 is 1.80 bits per heavy atom. The molecule has 4 bridgehead atoms. The number of pyridine rings is 1. The van der Waals surface area contributed by atoms with Crippen LogP contribution in [0.1, 0.15) is 49.9 Å². The largest absolute Gasteiger partial charge is 0.336 e. The van der Waals surface area contributed by atoms with Crippen LogP contribution in [-0.2, 0) is 17.8 Å². The molecule has 2 aromatic heterocycles. The van der Waals surface area contributed by atoms with Crippen LogP contribution in [0.25, 0.3) is 5.65 Å². The molecule has 1 aliphatic heterocycles. The summed E-state index contributed by atoms with van der Waals surface area (Å²) in [6.45, 7) is 1.58. The molecule has 130 valence electrons. The van der Waals surface area contributed by atoms with Crippen LogP contribution in [-0.4, -0.2) is 26.7 Å². The Labute approximate surface area is 148 Å². The van der Waals surface area contributed by atoms with Gasteiger partial charge in [-0.05, 0) is 68.4 Å². The highest BCUT2D eigenvalue weighted by molar-refractivity contribution is 5.83. The highest BCUT2D eigenvalue weighted by atomic mass is 16.2. The lowest BCUT2D eigenvalue weighted by Crippen LogP contribution is -2.55. The molecule has 25 heavy (non-hydrogen) atoms. The Bertz CT molecular complexity index is 832. The van der Waals surface area contributed by atoms with Crippen molar-refractivity contribution in [1.82, 2.24) is 14.3 Å². The van der Waals surface area contributed by atoms with E-state index < -0.39 is 0 Å². The Morgan fingerprint density at radius 1 is 1.08 bits per heavy atom. The van der Waals surface area contributed by atoms with Crippen LogP contribution in [0.2, 0.25) is 0 Å². The molecule has 0 unspecified atom stereocenters. The fourth-order valence-corrected chi connectivity index (χ4v) is 6.84. The minimum atomic E-state index is -0.0211.